The average molecular weight is 531 g/mol. The summed E-state index contributed by atoms with van der Waals surface area (Å²) in [5.41, 5.74) is -0.606. The second-order valence-electron chi connectivity index (χ2n) is 9.73. The summed E-state index contributed by atoms with van der Waals surface area (Å²) >= 11 is 0. The van der Waals surface area contributed by atoms with Crippen molar-refractivity contribution >= 4 is 15.7 Å². The normalized spacial score (nSPS) is 18.8. The van der Waals surface area contributed by atoms with E-state index in [4.69, 9.17) is 0 Å². The van der Waals surface area contributed by atoms with Gasteiger partial charge in [-0.15, -0.1) is 0 Å². The van der Waals surface area contributed by atoms with E-state index < -0.39 is 32.7 Å². The van der Waals surface area contributed by atoms with Crippen molar-refractivity contribution in [1.29, 1.82) is 0 Å². The van der Waals surface area contributed by atoms with E-state index in [1.165, 1.54) is 17.9 Å². The van der Waals surface area contributed by atoms with Crippen LogP contribution < -0.4 is 0 Å². The largest absolute Gasteiger partial charge is 0.416 e. The molecule has 2 fully saturated rings. The molecule has 5 nitrogen and oxygen atoms in total. The Morgan fingerprint density at radius 2 is 1.67 bits per heavy atom. The highest BCUT2D eigenvalue weighted by molar-refractivity contribution is 7.92. The molecule has 2 aliphatic rings. The number of halogens is 5. The number of sulfone groups is 1. The number of carbonyl (C=O) groups is 1. The lowest BCUT2D eigenvalue weighted by Gasteiger charge is -2.35. The van der Waals surface area contributed by atoms with E-state index in [1.807, 2.05) is 0 Å². The van der Waals surface area contributed by atoms with E-state index in [0.717, 1.165) is 44.2 Å². The number of benzene rings is 1. The van der Waals surface area contributed by atoms with Crippen molar-refractivity contribution in [2.75, 3.05) is 13.1 Å². The maximum absolute atomic E-state index is 13.8. The molecule has 11 heteroatoms. The Balaban J connectivity index is 1.47. The minimum absolute atomic E-state index is 0.0221. The van der Waals surface area contributed by atoms with Crippen molar-refractivity contribution in [3.05, 3.63) is 58.9 Å². The number of pyridine rings is 1. The Morgan fingerprint density at radius 1 is 1.03 bits per heavy atom. The molecule has 2 aromatic rings. The number of rotatable bonds is 6. The summed E-state index contributed by atoms with van der Waals surface area (Å²) < 4.78 is 92.9. The molecular formula is C25H27F5N2O3S. The second kappa shape index (κ2) is 9.39. The van der Waals surface area contributed by atoms with Crippen molar-refractivity contribution in [1.82, 2.24) is 9.88 Å². The fourth-order valence-corrected chi connectivity index (χ4v) is 6.41. The van der Waals surface area contributed by atoms with Crippen LogP contribution in [-0.2, 0) is 21.9 Å². The van der Waals surface area contributed by atoms with Gasteiger partial charge in [0, 0.05) is 31.8 Å². The van der Waals surface area contributed by atoms with E-state index in [2.05, 4.69) is 4.98 Å². The van der Waals surface area contributed by atoms with E-state index in [-0.39, 0.29) is 47.0 Å². The maximum Gasteiger partial charge on any atom is 0.416 e. The van der Waals surface area contributed by atoms with Crippen LogP contribution in [0.4, 0.5) is 22.0 Å². The molecule has 1 aliphatic carbocycles. The van der Waals surface area contributed by atoms with Crippen molar-refractivity contribution in [3.8, 4) is 0 Å². The predicted molar refractivity (Wildman–Crippen MR) is 122 cm³/mol. The van der Waals surface area contributed by atoms with Gasteiger partial charge in [0.1, 0.15) is 5.69 Å². The molecular weight excluding hydrogens is 503 g/mol. The summed E-state index contributed by atoms with van der Waals surface area (Å²) in [5.74, 6) is -3.79. The van der Waals surface area contributed by atoms with Gasteiger partial charge in [0.2, 0.25) is 0 Å². The molecule has 1 aliphatic heterocycles. The molecule has 2 heterocycles. The van der Waals surface area contributed by atoms with Crippen LogP contribution in [-0.4, -0.2) is 42.5 Å². The van der Waals surface area contributed by atoms with Gasteiger partial charge in [-0.3, -0.25) is 9.78 Å². The third-order valence-corrected chi connectivity index (χ3v) is 9.39. The standard InChI is InChI=1S/C25H27F5N2O3S/c1-15(36(34,35)20-5-3-4-18(12-20)25(28,29)30)16-8-10-32(11-9-16)23(33)22-21(17-6-7-17)13-19(14-31-22)24(2,26)27/h3-5,12-17H,6-11H2,1-2H3/t15-/m0/s1. The van der Waals surface area contributed by atoms with Gasteiger partial charge in [-0.25, -0.2) is 17.2 Å². The Labute approximate surface area is 206 Å². The first-order chi connectivity index (χ1) is 16.7. The highest BCUT2D eigenvalue weighted by atomic mass is 32.2. The number of likely N-dealkylation sites (tertiary alicyclic amines) is 1. The Bertz CT molecular complexity index is 1250. The number of aromatic nitrogens is 1. The number of nitrogens with zero attached hydrogens (tertiary/aromatic N) is 2. The van der Waals surface area contributed by atoms with Crippen molar-refractivity contribution in [2.24, 2.45) is 5.92 Å². The molecule has 4 rings (SSSR count). The van der Waals surface area contributed by atoms with E-state index >= 15 is 0 Å². The zero-order chi connectivity index (χ0) is 26.5. The number of hydrogen-bond donors (Lipinski definition) is 0. The first-order valence-electron chi connectivity index (χ1n) is 11.8. The molecule has 196 valence electrons. The number of carbonyl (C=O) groups excluding carboxylic acids is 1. The summed E-state index contributed by atoms with van der Waals surface area (Å²) in [6.45, 7) is 2.74. The zero-order valence-corrected chi connectivity index (χ0v) is 20.7. The van der Waals surface area contributed by atoms with Gasteiger partial charge in [-0.05, 0) is 74.3 Å². The van der Waals surface area contributed by atoms with Crippen LogP contribution in [0.1, 0.15) is 72.6 Å². The minimum Gasteiger partial charge on any atom is -0.337 e. The highest BCUT2D eigenvalue weighted by Gasteiger charge is 2.38. The summed E-state index contributed by atoms with van der Waals surface area (Å²) in [6.07, 6.45) is -1.35. The molecule has 0 radical (unpaired) electrons. The summed E-state index contributed by atoms with van der Waals surface area (Å²) in [7, 11) is -4.03. The predicted octanol–water partition coefficient (Wildman–Crippen LogP) is 5.80. The molecule has 0 unspecified atom stereocenters. The van der Waals surface area contributed by atoms with Gasteiger partial charge < -0.3 is 4.90 Å². The first kappa shape index (κ1) is 26.5. The van der Waals surface area contributed by atoms with Gasteiger partial charge in [-0.1, -0.05) is 6.07 Å². The van der Waals surface area contributed by atoms with Crippen LogP contribution >= 0.6 is 0 Å². The number of hydrogen-bond acceptors (Lipinski definition) is 4. The molecule has 0 N–H and O–H groups in total. The van der Waals surface area contributed by atoms with Crippen LogP contribution in [0, 0.1) is 5.92 Å². The Hall–Kier alpha value is -2.56. The van der Waals surface area contributed by atoms with Crippen LogP contribution in [0.5, 0.6) is 0 Å². The summed E-state index contributed by atoms with van der Waals surface area (Å²) in [6, 6.07) is 5.07. The lowest BCUT2D eigenvalue weighted by Crippen LogP contribution is -2.42. The van der Waals surface area contributed by atoms with Crippen LogP contribution in [0.3, 0.4) is 0 Å². The van der Waals surface area contributed by atoms with Crippen LogP contribution in [0.25, 0.3) is 0 Å². The summed E-state index contributed by atoms with van der Waals surface area (Å²) in [4.78, 5) is 18.4. The van der Waals surface area contributed by atoms with Gasteiger partial charge in [-0.2, -0.15) is 13.2 Å². The van der Waals surface area contributed by atoms with Gasteiger partial charge in [0.25, 0.3) is 11.8 Å². The third kappa shape index (κ3) is 5.40. The molecule has 36 heavy (non-hydrogen) atoms. The molecule has 1 saturated carbocycles. The fourth-order valence-electron chi connectivity index (χ4n) is 4.65. The molecule has 1 atom stereocenters. The Kier molecular flexibility index (Phi) is 6.91. The number of alkyl halides is 5. The van der Waals surface area contributed by atoms with Gasteiger partial charge in [0.05, 0.1) is 15.7 Å². The molecule has 1 aromatic heterocycles. The smallest absolute Gasteiger partial charge is 0.337 e. The Morgan fingerprint density at radius 3 is 2.22 bits per heavy atom. The zero-order valence-electron chi connectivity index (χ0n) is 19.9. The van der Waals surface area contributed by atoms with Crippen molar-refractivity contribution in [2.45, 2.75) is 67.7 Å². The monoisotopic (exact) mass is 530 g/mol. The van der Waals surface area contributed by atoms with Gasteiger partial charge >= 0.3 is 6.18 Å². The van der Waals surface area contributed by atoms with Crippen molar-refractivity contribution < 1.29 is 35.2 Å². The molecule has 0 bridgehead atoms. The van der Waals surface area contributed by atoms with Crippen LogP contribution in [0.15, 0.2) is 41.4 Å². The lowest BCUT2D eigenvalue weighted by molar-refractivity contribution is -0.137. The number of amides is 1. The maximum atomic E-state index is 13.8. The summed E-state index contributed by atoms with van der Waals surface area (Å²) in [5, 5.41) is -0.940. The number of piperidine rings is 1. The molecule has 1 aromatic carbocycles. The van der Waals surface area contributed by atoms with Crippen LogP contribution in [0.2, 0.25) is 0 Å². The van der Waals surface area contributed by atoms with Gasteiger partial charge in [0.15, 0.2) is 9.84 Å². The van der Waals surface area contributed by atoms with Crippen molar-refractivity contribution in [3.63, 3.8) is 0 Å². The highest BCUT2D eigenvalue weighted by Crippen LogP contribution is 2.43. The average Bonchev–Trinajstić information content (AvgIpc) is 3.67. The SMILES string of the molecule is C[C@@H](C1CCN(C(=O)c2ncc(C(C)(F)F)cc2C2CC2)CC1)S(=O)(=O)c1cccc(C(F)(F)F)c1. The minimum atomic E-state index is -4.65. The third-order valence-electron chi connectivity index (χ3n) is 7.11. The topological polar surface area (TPSA) is 67.3 Å². The van der Waals surface area contributed by atoms with E-state index in [0.29, 0.717) is 24.5 Å². The van der Waals surface area contributed by atoms with E-state index in [1.54, 1.807) is 0 Å². The second-order valence-corrected chi connectivity index (χ2v) is 12.0. The quantitative estimate of drug-likeness (QED) is 0.443. The lowest BCUT2D eigenvalue weighted by atomic mass is 9.93. The van der Waals surface area contributed by atoms with E-state index in [9.17, 15) is 35.2 Å². The molecule has 1 amide bonds. The first-order valence-corrected chi connectivity index (χ1v) is 13.3. The molecule has 1 saturated heterocycles. The fraction of sp³-hybridized carbons (Fsp3) is 0.520. The molecule has 0 spiro atoms.